The molecular formula is C28H37N3O4S. The van der Waals surface area contributed by atoms with Crippen LogP contribution >= 0.6 is 12.6 Å². The molecular weight excluding hydrogens is 474 g/mol. The van der Waals surface area contributed by atoms with Gasteiger partial charge in [-0.1, -0.05) is 48.0 Å². The predicted molar refractivity (Wildman–Crippen MR) is 145 cm³/mol. The van der Waals surface area contributed by atoms with Crippen LogP contribution in [0.1, 0.15) is 62.8 Å². The maximum Gasteiger partial charge on any atom is 0.408 e. The second-order valence-corrected chi connectivity index (χ2v) is 10.7. The second-order valence-electron chi connectivity index (χ2n) is 10.3. The van der Waals surface area contributed by atoms with Gasteiger partial charge in [-0.25, -0.2) is 4.79 Å². The van der Waals surface area contributed by atoms with Crippen molar-refractivity contribution in [3.63, 3.8) is 0 Å². The Bertz CT molecular complexity index is 1080. The third-order valence-corrected chi connectivity index (χ3v) is 6.58. The molecule has 1 aliphatic carbocycles. The van der Waals surface area contributed by atoms with Crippen molar-refractivity contribution >= 4 is 36.2 Å². The van der Waals surface area contributed by atoms with E-state index >= 15 is 0 Å². The largest absolute Gasteiger partial charge is 0.444 e. The minimum absolute atomic E-state index is 0.0708. The van der Waals surface area contributed by atoms with Crippen molar-refractivity contribution in [3.8, 4) is 0 Å². The summed E-state index contributed by atoms with van der Waals surface area (Å²) in [6.45, 7) is 9.17. The van der Waals surface area contributed by atoms with Crippen LogP contribution in [0.2, 0.25) is 0 Å². The van der Waals surface area contributed by atoms with Gasteiger partial charge in [0.2, 0.25) is 5.91 Å². The number of para-hydroxylation sites is 1. The van der Waals surface area contributed by atoms with E-state index in [-0.39, 0.29) is 23.6 Å². The number of anilines is 1. The number of nitrogens with zero attached hydrogens (tertiary/aromatic N) is 1. The van der Waals surface area contributed by atoms with Crippen molar-refractivity contribution in [2.24, 2.45) is 0 Å². The van der Waals surface area contributed by atoms with E-state index in [0.717, 1.165) is 30.4 Å². The fourth-order valence-corrected chi connectivity index (χ4v) is 4.35. The summed E-state index contributed by atoms with van der Waals surface area (Å²) < 4.78 is 5.36. The van der Waals surface area contributed by atoms with Gasteiger partial charge < -0.3 is 20.3 Å². The SMILES string of the molecule is Cc1ccc(C(C(=O)Nc2ccccc2C)N(C(=O)C(CS)NC(=O)OC(C)(C)C)C2CCC2)cc1. The van der Waals surface area contributed by atoms with Crippen LogP contribution in [0.4, 0.5) is 10.5 Å². The Balaban J connectivity index is 1.97. The Morgan fingerprint density at radius 2 is 1.69 bits per heavy atom. The van der Waals surface area contributed by atoms with Gasteiger partial charge in [-0.2, -0.15) is 12.6 Å². The first-order valence-corrected chi connectivity index (χ1v) is 13.0. The van der Waals surface area contributed by atoms with Crippen LogP contribution < -0.4 is 10.6 Å². The molecule has 0 heterocycles. The molecule has 1 aliphatic rings. The van der Waals surface area contributed by atoms with Crippen LogP contribution in [-0.4, -0.2) is 46.2 Å². The Morgan fingerprint density at radius 1 is 1.06 bits per heavy atom. The zero-order valence-corrected chi connectivity index (χ0v) is 22.6. The number of carbonyl (C=O) groups is 3. The summed E-state index contributed by atoms with van der Waals surface area (Å²) >= 11 is 4.35. The van der Waals surface area contributed by atoms with E-state index in [2.05, 4.69) is 23.3 Å². The molecule has 2 N–H and O–H groups in total. The van der Waals surface area contributed by atoms with Crippen LogP contribution in [0, 0.1) is 13.8 Å². The van der Waals surface area contributed by atoms with Gasteiger partial charge in [-0.3, -0.25) is 9.59 Å². The molecule has 3 amide bonds. The molecule has 0 aromatic heterocycles. The first kappa shape index (κ1) is 27.6. The summed E-state index contributed by atoms with van der Waals surface area (Å²) in [6, 6.07) is 13.2. The van der Waals surface area contributed by atoms with Gasteiger partial charge in [-0.15, -0.1) is 0 Å². The summed E-state index contributed by atoms with van der Waals surface area (Å²) in [5.41, 5.74) is 2.67. The molecule has 8 heteroatoms. The van der Waals surface area contributed by atoms with Gasteiger partial charge in [0.15, 0.2) is 0 Å². The van der Waals surface area contributed by atoms with Gasteiger partial charge in [0, 0.05) is 17.5 Å². The minimum Gasteiger partial charge on any atom is -0.444 e. The Labute approximate surface area is 219 Å². The molecule has 0 aliphatic heterocycles. The molecule has 2 atom stereocenters. The molecule has 194 valence electrons. The number of hydrogen-bond donors (Lipinski definition) is 3. The monoisotopic (exact) mass is 511 g/mol. The van der Waals surface area contributed by atoms with E-state index in [1.807, 2.05) is 62.4 Å². The molecule has 36 heavy (non-hydrogen) atoms. The van der Waals surface area contributed by atoms with Crippen LogP contribution in [0.25, 0.3) is 0 Å². The Hall–Kier alpha value is -3.00. The molecule has 7 nitrogen and oxygen atoms in total. The highest BCUT2D eigenvalue weighted by molar-refractivity contribution is 7.80. The maximum atomic E-state index is 13.9. The lowest BCUT2D eigenvalue weighted by Gasteiger charge is -2.43. The third kappa shape index (κ3) is 7.03. The number of nitrogens with one attached hydrogen (secondary N) is 2. The second kappa shape index (κ2) is 11.8. The summed E-state index contributed by atoms with van der Waals surface area (Å²) in [4.78, 5) is 41.9. The van der Waals surface area contributed by atoms with Crippen molar-refractivity contribution in [1.82, 2.24) is 10.2 Å². The zero-order valence-electron chi connectivity index (χ0n) is 21.7. The van der Waals surface area contributed by atoms with Gasteiger partial charge in [0.25, 0.3) is 5.91 Å². The fourth-order valence-electron chi connectivity index (χ4n) is 4.10. The molecule has 2 unspecified atom stereocenters. The number of amides is 3. The van der Waals surface area contributed by atoms with Gasteiger partial charge in [0.05, 0.1) is 0 Å². The van der Waals surface area contributed by atoms with Crippen molar-refractivity contribution in [2.45, 2.75) is 77.6 Å². The first-order chi connectivity index (χ1) is 17.0. The van der Waals surface area contributed by atoms with E-state index < -0.39 is 23.8 Å². The number of alkyl carbamates (subject to hydrolysis) is 1. The smallest absolute Gasteiger partial charge is 0.408 e. The van der Waals surface area contributed by atoms with Crippen LogP contribution in [0.5, 0.6) is 0 Å². The number of benzene rings is 2. The number of ether oxygens (including phenoxy) is 1. The zero-order chi connectivity index (χ0) is 26.5. The van der Waals surface area contributed by atoms with E-state index in [9.17, 15) is 14.4 Å². The molecule has 3 rings (SSSR count). The normalized spacial score (nSPS) is 15.3. The van der Waals surface area contributed by atoms with Crippen molar-refractivity contribution in [1.29, 1.82) is 0 Å². The lowest BCUT2D eigenvalue weighted by Crippen LogP contribution is -2.57. The predicted octanol–water partition coefficient (Wildman–Crippen LogP) is 5.19. The molecule has 0 saturated heterocycles. The average Bonchev–Trinajstić information content (AvgIpc) is 2.77. The topological polar surface area (TPSA) is 87.7 Å². The van der Waals surface area contributed by atoms with E-state index in [1.165, 1.54) is 0 Å². The number of thiol groups is 1. The quantitative estimate of drug-likeness (QED) is 0.426. The summed E-state index contributed by atoms with van der Waals surface area (Å²) in [5, 5.41) is 5.69. The van der Waals surface area contributed by atoms with E-state index in [1.54, 1.807) is 25.7 Å². The number of rotatable bonds is 8. The highest BCUT2D eigenvalue weighted by Gasteiger charge is 2.41. The van der Waals surface area contributed by atoms with Gasteiger partial charge >= 0.3 is 6.09 Å². The molecule has 0 radical (unpaired) electrons. The van der Waals surface area contributed by atoms with Crippen LogP contribution in [0.15, 0.2) is 48.5 Å². The highest BCUT2D eigenvalue weighted by Crippen LogP contribution is 2.34. The molecule has 1 fully saturated rings. The summed E-state index contributed by atoms with van der Waals surface area (Å²) in [7, 11) is 0. The van der Waals surface area contributed by atoms with Crippen molar-refractivity contribution in [3.05, 3.63) is 65.2 Å². The molecule has 2 aromatic carbocycles. The van der Waals surface area contributed by atoms with Gasteiger partial charge in [-0.05, 0) is 71.1 Å². The van der Waals surface area contributed by atoms with Crippen LogP contribution in [-0.2, 0) is 14.3 Å². The molecule has 0 bridgehead atoms. The third-order valence-electron chi connectivity index (χ3n) is 6.22. The van der Waals surface area contributed by atoms with Crippen molar-refractivity contribution < 1.29 is 19.1 Å². The lowest BCUT2D eigenvalue weighted by atomic mass is 9.88. The van der Waals surface area contributed by atoms with Crippen molar-refractivity contribution in [2.75, 3.05) is 11.1 Å². The highest BCUT2D eigenvalue weighted by atomic mass is 32.1. The van der Waals surface area contributed by atoms with E-state index in [4.69, 9.17) is 4.74 Å². The molecule has 1 saturated carbocycles. The maximum absolute atomic E-state index is 13.9. The van der Waals surface area contributed by atoms with E-state index in [0.29, 0.717) is 11.3 Å². The summed E-state index contributed by atoms with van der Waals surface area (Å²) in [5.74, 6) is -0.587. The fraction of sp³-hybridized carbons (Fsp3) is 0.464. The first-order valence-electron chi connectivity index (χ1n) is 12.4. The minimum atomic E-state index is -0.942. The lowest BCUT2D eigenvalue weighted by molar-refractivity contribution is -0.145. The Kier molecular flexibility index (Phi) is 9.06. The number of carbonyl (C=O) groups excluding carboxylic acids is 3. The molecule has 0 spiro atoms. The Morgan fingerprint density at radius 3 is 2.22 bits per heavy atom. The summed E-state index contributed by atoms with van der Waals surface area (Å²) in [6.07, 6.45) is 1.86. The number of aryl methyl sites for hydroxylation is 2. The van der Waals surface area contributed by atoms with Gasteiger partial charge in [0.1, 0.15) is 17.7 Å². The van der Waals surface area contributed by atoms with Crippen LogP contribution in [0.3, 0.4) is 0 Å². The average molecular weight is 512 g/mol. The number of hydrogen-bond acceptors (Lipinski definition) is 5. The molecule has 2 aromatic rings. The standard InChI is InChI=1S/C28H37N3O4S/c1-18-13-15-20(16-14-18)24(25(32)29-22-12-7-6-9-19(22)2)31(21-10-8-11-21)26(33)23(17-36)30-27(34)35-28(3,4)5/h6-7,9,12-16,21,23-24,36H,8,10-11,17H2,1-5H3,(H,29,32)(H,30,34).